The van der Waals surface area contributed by atoms with Crippen molar-refractivity contribution in [3.8, 4) is 0 Å². The van der Waals surface area contributed by atoms with Crippen LogP contribution in [0.1, 0.15) is 59.0 Å². The first-order valence-electron chi connectivity index (χ1n) is 7.47. The molecule has 0 radical (unpaired) electrons. The fraction of sp³-hybridized carbons (Fsp3) is 0.412. The van der Waals surface area contributed by atoms with Gasteiger partial charge in [0.25, 0.3) is 0 Å². The predicted molar refractivity (Wildman–Crippen MR) is 85.9 cm³/mol. The van der Waals surface area contributed by atoms with Crippen LogP contribution in [0, 0.1) is 0 Å². The highest BCUT2D eigenvalue weighted by Crippen LogP contribution is 2.41. The molecule has 0 bridgehead atoms. The molecule has 0 saturated heterocycles. The summed E-state index contributed by atoms with van der Waals surface area (Å²) in [5.74, 6) is 6.60. The Labute approximate surface area is 125 Å². The summed E-state index contributed by atoms with van der Waals surface area (Å²) in [5, 5.41) is 0. The third kappa shape index (κ3) is 2.53. The van der Waals surface area contributed by atoms with Crippen LogP contribution in [0.5, 0.6) is 0 Å². The zero-order chi connectivity index (χ0) is 13.9. The summed E-state index contributed by atoms with van der Waals surface area (Å²) < 4.78 is 0. The summed E-state index contributed by atoms with van der Waals surface area (Å²) in [5.41, 5.74) is 5.86. The van der Waals surface area contributed by atoms with Crippen LogP contribution in [0.15, 0.2) is 36.4 Å². The number of aryl methyl sites for hydroxylation is 1. The molecule has 1 aliphatic rings. The second-order valence-corrected chi connectivity index (χ2v) is 6.71. The molecular weight excluding hydrogens is 264 g/mol. The van der Waals surface area contributed by atoms with Gasteiger partial charge in [-0.1, -0.05) is 37.6 Å². The Morgan fingerprint density at radius 2 is 2.05 bits per heavy atom. The highest BCUT2D eigenvalue weighted by Gasteiger charge is 2.25. The quantitative estimate of drug-likeness (QED) is 0.640. The molecule has 3 N–H and O–H groups in total. The Morgan fingerprint density at radius 3 is 2.65 bits per heavy atom. The van der Waals surface area contributed by atoms with E-state index in [1.54, 1.807) is 0 Å². The second-order valence-electron chi connectivity index (χ2n) is 5.51. The number of nitrogens with one attached hydrogen (secondary N) is 1. The highest BCUT2D eigenvalue weighted by atomic mass is 32.1. The first kappa shape index (κ1) is 13.8. The summed E-state index contributed by atoms with van der Waals surface area (Å²) in [4.78, 5) is 2.73. The van der Waals surface area contributed by atoms with Gasteiger partial charge in [-0.3, -0.25) is 5.84 Å². The molecule has 1 atom stereocenters. The summed E-state index contributed by atoms with van der Waals surface area (Å²) in [7, 11) is 0. The van der Waals surface area contributed by atoms with E-state index in [4.69, 9.17) is 5.84 Å². The van der Waals surface area contributed by atoms with E-state index in [9.17, 15) is 0 Å². The van der Waals surface area contributed by atoms with E-state index < -0.39 is 0 Å². The lowest BCUT2D eigenvalue weighted by Gasteiger charge is -2.30. The van der Waals surface area contributed by atoms with E-state index in [2.05, 4.69) is 48.7 Å². The number of rotatable bonds is 5. The Hall–Kier alpha value is -1.16. The minimum Gasteiger partial charge on any atom is -0.271 e. The SMILES string of the molecule is CCc1ccc(C(NN)c2ccccc2C2CCC2)s1. The Morgan fingerprint density at radius 1 is 1.25 bits per heavy atom. The van der Waals surface area contributed by atoms with Crippen molar-refractivity contribution in [2.75, 3.05) is 0 Å². The topological polar surface area (TPSA) is 38.0 Å². The largest absolute Gasteiger partial charge is 0.271 e. The number of nitrogens with two attached hydrogens (primary N) is 1. The monoisotopic (exact) mass is 286 g/mol. The van der Waals surface area contributed by atoms with Gasteiger partial charge in [0.05, 0.1) is 6.04 Å². The summed E-state index contributed by atoms with van der Waals surface area (Å²) >= 11 is 1.86. The zero-order valence-corrected chi connectivity index (χ0v) is 12.7. The van der Waals surface area contributed by atoms with Gasteiger partial charge in [-0.15, -0.1) is 11.3 Å². The molecule has 1 aliphatic carbocycles. The lowest BCUT2D eigenvalue weighted by atomic mass is 9.77. The van der Waals surface area contributed by atoms with E-state index in [0.29, 0.717) is 0 Å². The lowest BCUT2D eigenvalue weighted by molar-refractivity contribution is 0.414. The van der Waals surface area contributed by atoms with Crippen LogP contribution >= 0.6 is 11.3 Å². The van der Waals surface area contributed by atoms with E-state index in [-0.39, 0.29) is 6.04 Å². The first-order chi connectivity index (χ1) is 9.83. The molecule has 1 saturated carbocycles. The molecule has 106 valence electrons. The highest BCUT2D eigenvalue weighted by molar-refractivity contribution is 7.12. The van der Waals surface area contributed by atoms with Gasteiger partial charge in [0.15, 0.2) is 0 Å². The molecule has 1 aromatic heterocycles. The maximum absolute atomic E-state index is 5.87. The van der Waals surface area contributed by atoms with E-state index >= 15 is 0 Å². The van der Waals surface area contributed by atoms with Crippen LogP contribution in [0.2, 0.25) is 0 Å². The van der Waals surface area contributed by atoms with Gasteiger partial charge in [0.1, 0.15) is 0 Å². The van der Waals surface area contributed by atoms with E-state index in [1.165, 1.54) is 40.1 Å². The van der Waals surface area contributed by atoms with Gasteiger partial charge in [0, 0.05) is 9.75 Å². The molecule has 0 spiro atoms. The molecule has 0 aliphatic heterocycles. The maximum Gasteiger partial charge on any atom is 0.0805 e. The van der Waals surface area contributed by atoms with Crippen molar-refractivity contribution in [1.29, 1.82) is 0 Å². The zero-order valence-electron chi connectivity index (χ0n) is 11.9. The third-order valence-electron chi connectivity index (χ3n) is 4.33. The van der Waals surface area contributed by atoms with Crippen molar-refractivity contribution in [2.24, 2.45) is 5.84 Å². The molecule has 3 rings (SSSR count). The van der Waals surface area contributed by atoms with E-state index in [1.807, 2.05) is 11.3 Å². The average molecular weight is 286 g/mol. The lowest BCUT2D eigenvalue weighted by Crippen LogP contribution is -2.29. The molecule has 0 amide bonds. The smallest absolute Gasteiger partial charge is 0.0805 e. The number of hydrazine groups is 1. The Bertz CT molecular complexity index is 572. The summed E-state index contributed by atoms with van der Waals surface area (Å²) in [6.45, 7) is 2.20. The average Bonchev–Trinajstić information content (AvgIpc) is 2.88. The van der Waals surface area contributed by atoms with E-state index in [0.717, 1.165) is 12.3 Å². The number of hydrogen-bond acceptors (Lipinski definition) is 3. The van der Waals surface area contributed by atoms with Crippen LogP contribution in [0.4, 0.5) is 0 Å². The van der Waals surface area contributed by atoms with Gasteiger partial charge < -0.3 is 0 Å². The van der Waals surface area contributed by atoms with Gasteiger partial charge in [-0.05, 0) is 48.4 Å². The number of thiophene rings is 1. The molecule has 1 unspecified atom stereocenters. The van der Waals surface area contributed by atoms with Crippen LogP contribution < -0.4 is 11.3 Å². The van der Waals surface area contributed by atoms with Crippen LogP contribution in [0.3, 0.4) is 0 Å². The van der Waals surface area contributed by atoms with Crippen molar-refractivity contribution < 1.29 is 0 Å². The standard InChI is InChI=1S/C17H22N2S/c1-2-13-10-11-16(20-13)17(19-18)15-9-4-3-8-14(15)12-6-5-7-12/h3-4,8-12,17,19H,2,5-7,18H2,1H3. The van der Waals surface area contributed by atoms with Crippen LogP contribution in [-0.4, -0.2) is 0 Å². The van der Waals surface area contributed by atoms with Crippen molar-refractivity contribution in [3.63, 3.8) is 0 Å². The molecular formula is C17H22N2S. The van der Waals surface area contributed by atoms with Gasteiger partial charge in [0.2, 0.25) is 0 Å². The number of benzene rings is 1. The van der Waals surface area contributed by atoms with Crippen LogP contribution in [-0.2, 0) is 6.42 Å². The van der Waals surface area contributed by atoms with Gasteiger partial charge in [-0.25, -0.2) is 5.43 Å². The van der Waals surface area contributed by atoms with Crippen molar-refractivity contribution >= 4 is 11.3 Å². The Balaban J connectivity index is 1.96. The van der Waals surface area contributed by atoms with Crippen molar-refractivity contribution in [3.05, 3.63) is 57.3 Å². The fourth-order valence-electron chi connectivity index (χ4n) is 2.93. The Kier molecular flexibility index (Phi) is 4.20. The molecule has 3 heteroatoms. The third-order valence-corrected chi connectivity index (χ3v) is 5.63. The predicted octanol–water partition coefficient (Wildman–Crippen LogP) is 4.13. The first-order valence-corrected chi connectivity index (χ1v) is 8.28. The maximum atomic E-state index is 5.87. The minimum atomic E-state index is 0.122. The van der Waals surface area contributed by atoms with Crippen LogP contribution in [0.25, 0.3) is 0 Å². The normalized spacial score (nSPS) is 16.9. The molecule has 2 aromatic rings. The molecule has 1 aromatic carbocycles. The molecule has 1 fully saturated rings. The minimum absolute atomic E-state index is 0.122. The van der Waals surface area contributed by atoms with Crippen molar-refractivity contribution in [1.82, 2.24) is 5.43 Å². The van der Waals surface area contributed by atoms with Gasteiger partial charge >= 0.3 is 0 Å². The number of hydrogen-bond donors (Lipinski definition) is 2. The summed E-state index contributed by atoms with van der Waals surface area (Å²) in [6.07, 6.45) is 5.09. The fourth-order valence-corrected chi connectivity index (χ4v) is 3.96. The molecule has 20 heavy (non-hydrogen) atoms. The summed E-state index contributed by atoms with van der Waals surface area (Å²) in [6, 6.07) is 13.3. The van der Waals surface area contributed by atoms with Gasteiger partial charge in [-0.2, -0.15) is 0 Å². The second kappa shape index (κ2) is 6.08. The van der Waals surface area contributed by atoms with Crippen molar-refractivity contribution in [2.45, 2.75) is 44.6 Å². The molecule has 1 heterocycles. The molecule has 2 nitrogen and oxygen atoms in total.